The molecule has 1 N–H and O–H groups in total. The Labute approximate surface area is 134 Å². The quantitative estimate of drug-likeness (QED) is 0.880. The second kappa shape index (κ2) is 7.40. The predicted molar refractivity (Wildman–Crippen MR) is 90.1 cm³/mol. The molecule has 0 atom stereocenters. The van der Waals surface area contributed by atoms with Gasteiger partial charge in [0.15, 0.2) is 0 Å². The molecule has 118 valence electrons. The summed E-state index contributed by atoms with van der Waals surface area (Å²) in [6.45, 7) is 9.13. The van der Waals surface area contributed by atoms with Gasteiger partial charge in [0, 0.05) is 19.1 Å². The Morgan fingerprint density at radius 1 is 1.43 bits per heavy atom. The minimum Gasteiger partial charge on any atom is -0.369 e. The maximum atomic E-state index is 12.3. The van der Waals surface area contributed by atoms with Gasteiger partial charge in [0.1, 0.15) is 4.47 Å². The SMILES string of the molecule is CCCNC1CCN(c2cnn(C(C)C)c(=O)c2Br)CC1. The Balaban J connectivity index is 2.07. The van der Waals surface area contributed by atoms with Crippen molar-refractivity contribution in [2.75, 3.05) is 24.5 Å². The maximum Gasteiger partial charge on any atom is 0.283 e. The minimum atomic E-state index is -0.0475. The van der Waals surface area contributed by atoms with Gasteiger partial charge in [-0.1, -0.05) is 6.92 Å². The van der Waals surface area contributed by atoms with E-state index in [4.69, 9.17) is 0 Å². The first-order valence-corrected chi connectivity index (χ1v) is 8.59. The molecule has 0 radical (unpaired) electrons. The van der Waals surface area contributed by atoms with Crippen molar-refractivity contribution in [1.29, 1.82) is 0 Å². The van der Waals surface area contributed by atoms with Crippen LogP contribution in [0.25, 0.3) is 0 Å². The monoisotopic (exact) mass is 356 g/mol. The van der Waals surface area contributed by atoms with Crippen molar-refractivity contribution in [2.24, 2.45) is 0 Å². The lowest BCUT2D eigenvalue weighted by atomic mass is 10.0. The van der Waals surface area contributed by atoms with E-state index in [2.05, 4.69) is 38.2 Å². The molecule has 0 aliphatic carbocycles. The van der Waals surface area contributed by atoms with Crippen LogP contribution in [0.5, 0.6) is 0 Å². The molecule has 0 amide bonds. The number of aromatic nitrogens is 2. The molecule has 0 spiro atoms. The molecule has 0 unspecified atom stereocenters. The fourth-order valence-electron chi connectivity index (χ4n) is 2.70. The van der Waals surface area contributed by atoms with Gasteiger partial charge in [-0.05, 0) is 55.6 Å². The van der Waals surface area contributed by atoms with Gasteiger partial charge < -0.3 is 10.2 Å². The number of rotatable bonds is 5. The molecule has 21 heavy (non-hydrogen) atoms. The van der Waals surface area contributed by atoms with Gasteiger partial charge in [-0.3, -0.25) is 4.79 Å². The van der Waals surface area contributed by atoms with E-state index in [-0.39, 0.29) is 11.6 Å². The topological polar surface area (TPSA) is 50.2 Å². The molecule has 5 nitrogen and oxygen atoms in total. The largest absolute Gasteiger partial charge is 0.369 e. The Morgan fingerprint density at radius 2 is 2.10 bits per heavy atom. The van der Waals surface area contributed by atoms with Crippen molar-refractivity contribution >= 4 is 21.6 Å². The van der Waals surface area contributed by atoms with E-state index in [1.54, 1.807) is 0 Å². The average Bonchev–Trinajstić information content (AvgIpc) is 2.48. The summed E-state index contributed by atoms with van der Waals surface area (Å²) in [5.74, 6) is 0. The van der Waals surface area contributed by atoms with Gasteiger partial charge >= 0.3 is 0 Å². The first-order chi connectivity index (χ1) is 10.0. The van der Waals surface area contributed by atoms with Crippen molar-refractivity contribution in [3.8, 4) is 0 Å². The van der Waals surface area contributed by atoms with Crippen LogP contribution in [0.15, 0.2) is 15.5 Å². The average molecular weight is 357 g/mol. The van der Waals surface area contributed by atoms with Crippen LogP contribution in [0.2, 0.25) is 0 Å². The summed E-state index contributed by atoms with van der Waals surface area (Å²) in [6, 6.07) is 0.677. The van der Waals surface area contributed by atoms with Crippen LogP contribution in [-0.2, 0) is 0 Å². The number of nitrogens with zero attached hydrogens (tertiary/aromatic N) is 3. The first-order valence-electron chi connectivity index (χ1n) is 7.80. The third-order valence-electron chi connectivity index (χ3n) is 3.93. The molecule has 1 aliphatic rings. The fraction of sp³-hybridized carbons (Fsp3) is 0.733. The Hall–Kier alpha value is -0.880. The van der Waals surface area contributed by atoms with Crippen LogP contribution in [-0.4, -0.2) is 35.5 Å². The molecule has 0 aromatic carbocycles. The van der Waals surface area contributed by atoms with Crippen molar-refractivity contribution in [1.82, 2.24) is 15.1 Å². The summed E-state index contributed by atoms with van der Waals surface area (Å²) in [4.78, 5) is 14.6. The summed E-state index contributed by atoms with van der Waals surface area (Å²) in [5.41, 5.74) is 0.875. The zero-order valence-corrected chi connectivity index (χ0v) is 14.7. The summed E-state index contributed by atoms with van der Waals surface area (Å²) in [7, 11) is 0. The number of anilines is 1. The normalized spacial score (nSPS) is 16.7. The highest BCUT2D eigenvalue weighted by Crippen LogP contribution is 2.25. The standard InChI is InChI=1S/C15H25BrN4O/c1-4-7-17-12-5-8-19(9-6-12)13-10-18-20(11(2)3)15(21)14(13)16/h10-12,17H,4-9H2,1-3H3. The number of halogens is 1. The molecule has 1 fully saturated rings. The van der Waals surface area contributed by atoms with E-state index in [1.807, 2.05) is 20.0 Å². The van der Waals surface area contributed by atoms with Crippen LogP contribution < -0.4 is 15.8 Å². The third kappa shape index (κ3) is 3.86. The lowest BCUT2D eigenvalue weighted by Gasteiger charge is -2.34. The van der Waals surface area contributed by atoms with Gasteiger partial charge in [-0.25, -0.2) is 4.68 Å². The van der Waals surface area contributed by atoms with Gasteiger partial charge in [0.25, 0.3) is 5.56 Å². The van der Waals surface area contributed by atoms with Crippen LogP contribution in [0, 0.1) is 0 Å². The first kappa shape index (κ1) is 16.5. The van der Waals surface area contributed by atoms with Crippen LogP contribution in [0.4, 0.5) is 5.69 Å². The van der Waals surface area contributed by atoms with Gasteiger partial charge in [0.2, 0.25) is 0 Å². The van der Waals surface area contributed by atoms with E-state index in [0.717, 1.165) is 38.2 Å². The zero-order chi connectivity index (χ0) is 15.4. The van der Waals surface area contributed by atoms with E-state index >= 15 is 0 Å². The molecule has 1 aromatic rings. The molecule has 2 heterocycles. The van der Waals surface area contributed by atoms with Crippen LogP contribution >= 0.6 is 15.9 Å². The Kier molecular flexibility index (Phi) is 5.81. The van der Waals surface area contributed by atoms with Crippen LogP contribution in [0.1, 0.15) is 46.1 Å². The van der Waals surface area contributed by atoms with Gasteiger partial charge in [-0.2, -0.15) is 5.10 Å². The molecule has 0 bridgehead atoms. The smallest absolute Gasteiger partial charge is 0.283 e. The molecule has 6 heteroatoms. The highest BCUT2D eigenvalue weighted by Gasteiger charge is 2.22. The maximum absolute atomic E-state index is 12.3. The van der Waals surface area contributed by atoms with Crippen molar-refractivity contribution in [2.45, 2.75) is 52.1 Å². The van der Waals surface area contributed by atoms with E-state index in [0.29, 0.717) is 10.5 Å². The lowest BCUT2D eigenvalue weighted by molar-refractivity contribution is 0.414. The molecule has 1 saturated heterocycles. The van der Waals surface area contributed by atoms with Crippen LogP contribution in [0.3, 0.4) is 0 Å². The Morgan fingerprint density at radius 3 is 2.67 bits per heavy atom. The summed E-state index contributed by atoms with van der Waals surface area (Å²) >= 11 is 3.46. The summed E-state index contributed by atoms with van der Waals surface area (Å²) in [5, 5.41) is 7.87. The molecule has 0 saturated carbocycles. The molecular weight excluding hydrogens is 332 g/mol. The predicted octanol–water partition coefficient (Wildman–Crippen LogP) is 2.56. The number of hydrogen-bond donors (Lipinski definition) is 1. The van der Waals surface area contributed by atoms with E-state index in [9.17, 15) is 4.79 Å². The molecule has 1 aromatic heterocycles. The van der Waals surface area contributed by atoms with E-state index in [1.165, 1.54) is 11.1 Å². The minimum absolute atomic E-state index is 0.0475. The fourth-order valence-corrected chi connectivity index (χ4v) is 3.23. The van der Waals surface area contributed by atoms with Crippen molar-refractivity contribution < 1.29 is 0 Å². The lowest BCUT2D eigenvalue weighted by Crippen LogP contribution is -2.43. The number of piperidine rings is 1. The summed E-state index contributed by atoms with van der Waals surface area (Å²) < 4.78 is 2.15. The third-order valence-corrected chi connectivity index (χ3v) is 4.68. The van der Waals surface area contributed by atoms with Crippen molar-refractivity contribution in [3.63, 3.8) is 0 Å². The van der Waals surface area contributed by atoms with Crippen molar-refractivity contribution in [3.05, 3.63) is 21.0 Å². The second-order valence-electron chi connectivity index (χ2n) is 5.90. The molecule has 2 rings (SSSR count). The van der Waals surface area contributed by atoms with Gasteiger partial charge in [-0.15, -0.1) is 0 Å². The second-order valence-corrected chi connectivity index (χ2v) is 6.70. The molecule has 1 aliphatic heterocycles. The number of hydrogen-bond acceptors (Lipinski definition) is 4. The number of nitrogens with one attached hydrogen (secondary N) is 1. The summed E-state index contributed by atoms with van der Waals surface area (Å²) in [6.07, 6.45) is 5.20. The van der Waals surface area contributed by atoms with Gasteiger partial charge in [0.05, 0.1) is 17.9 Å². The Bertz CT molecular complexity index is 521. The zero-order valence-electron chi connectivity index (χ0n) is 13.1. The molecular formula is C15H25BrN4O. The highest BCUT2D eigenvalue weighted by molar-refractivity contribution is 9.10. The highest BCUT2D eigenvalue weighted by atomic mass is 79.9. The van der Waals surface area contributed by atoms with E-state index < -0.39 is 0 Å².